The van der Waals surface area contributed by atoms with Crippen molar-refractivity contribution >= 4 is 0 Å². The van der Waals surface area contributed by atoms with E-state index in [9.17, 15) is 0 Å². The van der Waals surface area contributed by atoms with Gasteiger partial charge < -0.3 is 9.47 Å². The molecule has 0 radical (unpaired) electrons. The van der Waals surface area contributed by atoms with Crippen LogP contribution in [0.2, 0.25) is 0 Å². The molecule has 0 aliphatic carbocycles. The van der Waals surface area contributed by atoms with Crippen LogP contribution in [-0.4, -0.2) is 26.9 Å². The zero-order valence-corrected chi connectivity index (χ0v) is 15.0. The Hall–Kier alpha value is -0.0800. The number of unbranched alkanes of at least 4 members (excludes halogenated alkanes) is 4. The molecule has 20 heavy (non-hydrogen) atoms. The number of rotatable bonds is 12. The van der Waals surface area contributed by atoms with E-state index in [-0.39, 0.29) is 11.5 Å². The second-order valence-corrected chi connectivity index (χ2v) is 7.16. The molecule has 0 N–H and O–H groups in total. The molecule has 0 aromatic heterocycles. The number of ether oxygens (including phenoxy) is 2. The maximum atomic E-state index is 5.78. The predicted molar refractivity (Wildman–Crippen MR) is 88.2 cm³/mol. The molecule has 2 nitrogen and oxygen atoms in total. The third-order valence-electron chi connectivity index (χ3n) is 4.60. The molecule has 122 valence electrons. The van der Waals surface area contributed by atoms with Crippen molar-refractivity contribution in [2.24, 2.45) is 17.3 Å². The van der Waals surface area contributed by atoms with Crippen molar-refractivity contribution in [3.05, 3.63) is 0 Å². The van der Waals surface area contributed by atoms with Gasteiger partial charge in [-0.15, -0.1) is 0 Å². The Bertz CT molecular complexity index is 223. The van der Waals surface area contributed by atoms with E-state index in [1.807, 2.05) is 7.11 Å². The standard InChI is InChI=1S/C18H38O2/c1-8-9-10-11-12-13-18(4,5)16(14-19-6)17(20-7)15(2)3/h15-17H,8-14H2,1-7H3. The minimum Gasteiger partial charge on any atom is -0.384 e. The molecular formula is C18H38O2. The van der Waals surface area contributed by atoms with Crippen LogP contribution in [0.25, 0.3) is 0 Å². The van der Waals surface area contributed by atoms with Crippen LogP contribution in [0.15, 0.2) is 0 Å². The highest BCUT2D eigenvalue weighted by Gasteiger charge is 2.36. The van der Waals surface area contributed by atoms with Gasteiger partial charge in [0.15, 0.2) is 0 Å². The Morgan fingerprint density at radius 2 is 1.55 bits per heavy atom. The largest absolute Gasteiger partial charge is 0.384 e. The molecule has 0 amide bonds. The smallest absolute Gasteiger partial charge is 0.0649 e. The summed E-state index contributed by atoms with van der Waals surface area (Å²) in [4.78, 5) is 0. The lowest BCUT2D eigenvalue weighted by atomic mass is 9.70. The van der Waals surface area contributed by atoms with Crippen LogP contribution in [0.3, 0.4) is 0 Å². The number of hydrogen-bond donors (Lipinski definition) is 0. The first kappa shape index (κ1) is 19.9. The molecule has 0 heterocycles. The molecule has 0 saturated heterocycles. The highest BCUT2D eigenvalue weighted by atomic mass is 16.5. The maximum Gasteiger partial charge on any atom is 0.0649 e. The van der Waals surface area contributed by atoms with Crippen molar-refractivity contribution in [3.63, 3.8) is 0 Å². The summed E-state index contributed by atoms with van der Waals surface area (Å²) in [5, 5.41) is 0. The van der Waals surface area contributed by atoms with Gasteiger partial charge in [0.2, 0.25) is 0 Å². The fourth-order valence-corrected chi connectivity index (χ4v) is 3.22. The van der Waals surface area contributed by atoms with Crippen LogP contribution >= 0.6 is 0 Å². The van der Waals surface area contributed by atoms with E-state index in [2.05, 4.69) is 34.6 Å². The van der Waals surface area contributed by atoms with Crippen LogP contribution in [0.1, 0.15) is 73.1 Å². The molecule has 2 heteroatoms. The van der Waals surface area contributed by atoms with Gasteiger partial charge in [-0.2, -0.15) is 0 Å². The SMILES string of the molecule is CCCCCCCC(C)(C)C(COC)C(OC)C(C)C. The van der Waals surface area contributed by atoms with Gasteiger partial charge in [-0.05, 0) is 17.8 Å². The van der Waals surface area contributed by atoms with E-state index in [4.69, 9.17) is 9.47 Å². The lowest BCUT2D eigenvalue weighted by molar-refractivity contribution is -0.0629. The fourth-order valence-electron chi connectivity index (χ4n) is 3.22. The van der Waals surface area contributed by atoms with E-state index in [0.717, 1.165) is 6.61 Å². The van der Waals surface area contributed by atoms with Crippen LogP contribution in [0.4, 0.5) is 0 Å². The monoisotopic (exact) mass is 286 g/mol. The molecule has 0 rings (SSSR count). The summed E-state index contributed by atoms with van der Waals surface area (Å²) < 4.78 is 11.3. The summed E-state index contributed by atoms with van der Waals surface area (Å²) in [6.45, 7) is 12.3. The third-order valence-corrected chi connectivity index (χ3v) is 4.60. The van der Waals surface area contributed by atoms with Crippen LogP contribution in [-0.2, 0) is 9.47 Å². The summed E-state index contributed by atoms with van der Waals surface area (Å²) in [7, 11) is 3.64. The maximum absolute atomic E-state index is 5.78. The summed E-state index contributed by atoms with van der Waals surface area (Å²) in [5.41, 5.74) is 0.271. The van der Waals surface area contributed by atoms with Crippen LogP contribution < -0.4 is 0 Å². The number of methoxy groups -OCH3 is 2. The van der Waals surface area contributed by atoms with Gasteiger partial charge >= 0.3 is 0 Å². The minimum absolute atomic E-state index is 0.271. The van der Waals surface area contributed by atoms with Crippen LogP contribution in [0.5, 0.6) is 0 Å². The first-order valence-corrected chi connectivity index (χ1v) is 8.42. The molecule has 2 unspecified atom stereocenters. The Balaban J connectivity index is 4.52. The summed E-state index contributed by atoms with van der Waals surface area (Å²) in [5.74, 6) is 0.989. The van der Waals surface area contributed by atoms with E-state index < -0.39 is 0 Å². The molecular weight excluding hydrogens is 248 g/mol. The molecule has 0 aromatic rings. The summed E-state index contributed by atoms with van der Waals surface area (Å²) in [6, 6.07) is 0. The summed E-state index contributed by atoms with van der Waals surface area (Å²) in [6.07, 6.45) is 8.28. The van der Waals surface area contributed by atoms with Gasteiger partial charge in [0.1, 0.15) is 0 Å². The first-order chi connectivity index (χ1) is 9.40. The van der Waals surface area contributed by atoms with E-state index in [1.165, 1.54) is 38.5 Å². The van der Waals surface area contributed by atoms with Gasteiger partial charge in [0.05, 0.1) is 12.7 Å². The summed E-state index contributed by atoms with van der Waals surface area (Å²) >= 11 is 0. The fraction of sp³-hybridized carbons (Fsp3) is 1.00. The molecule has 0 aromatic carbocycles. The van der Waals surface area contributed by atoms with Gasteiger partial charge in [-0.1, -0.05) is 66.7 Å². The molecule has 0 spiro atoms. The second-order valence-electron chi connectivity index (χ2n) is 7.16. The molecule has 0 bridgehead atoms. The van der Waals surface area contributed by atoms with Crippen molar-refractivity contribution in [1.29, 1.82) is 0 Å². The average molecular weight is 286 g/mol. The molecule has 0 aliphatic rings. The van der Waals surface area contributed by atoms with Crippen molar-refractivity contribution in [1.82, 2.24) is 0 Å². The van der Waals surface area contributed by atoms with Gasteiger partial charge in [0.25, 0.3) is 0 Å². The van der Waals surface area contributed by atoms with Crippen molar-refractivity contribution < 1.29 is 9.47 Å². The molecule has 0 fully saturated rings. The normalized spacial score (nSPS) is 15.6. The lowest BCUT2D eigenvalue weighted by Gasteiger charge is -2.40. The Kier molecular flexibility index (Phi) is 10.6. The Morgan fingerprint density at radius 3 is 2.00 bits per heavy atom. The predicted octanol–water partition coefficient (Wildman–Crippen LogP) is 5.31. The van der Waals surface area contributed by atoms with Crippen molar-refractivity contribution in [2.75, 3.05) is 20.8 Å². The molecule has 2 atom stereocenters. The lowest BCUT2D eigenvalue weighted by Crippen LogP contribution is -2.41. The minimum atomic E-state index is 0.271. The zero-order valence-electron chi connectivity index (χ0n) is 15.0. The first-order valence-electron chi connectivity index (χ1n) is 8.42. The number of hydrogen-bond acceptors (Lipinski definition) is 2. The quantitative estimate of drug-likeness (QED) is 0.453. The third kappa shape index (κ3) is 7.08. The topological polar surface area (TPSA) is 18.5 Å². The average Bonchev–Trinajstić information content (AvgIpc) is 2.38. The van der Waals surface area contributed by atoms with Crippen molar-refractivity contribution in [3.8, 4) is 0 Å². The second kappa shape index (κ2) is 10.6. The Labute approximate surface area is 127 Å². The molecule has 0 saturated carbocycles. The van der Waals surface area contributed by atoms with E-state index >= 15 is 0 Å². The Morgan fingerprint density at radius 1 is 0.950 bits per heavy atom. The molecule has 0 aliphatic heterocycles. The highest BCUT2D eigenvalue weighted by Crippen LogP contribution is 2.38. The van der Waals surface area contributed by atoms with Crippen LogP contribution in [0, 0.1) is 17.3 Å². The zero-order chi connectivity index (χ0) is 15.6. The van der Waals surface area contributed by atoms with Gasteiger partial charge in [0, 0.05) is 20.1 Å². The van der Waals surface area contributed by atoms with Crippen molar-refractivity contribution in [2.45, 2.75) is 79.2 Å². The van der Waals surface area contributed by atoms with Gasteiger partial charge in [-0.25, -0.2) is 0 Å². The van der Waals surface area contributed by atoms with Gasteiger partial charge in [-0.3, -0.25) is 0 Å². The van der Waals surface area contributed by atoms with E-state index in [1.54, 1.807) is 7.11 Å². The van der Waals surface area contributed by atoms with E-state index in [0.29, 0.717) is 11.8 Å². The highest BCUT2D eigenvalue weighted by molar-refractivity contribution is 4.86.